The lowest BCUT2D eigenvalue weighted by molar-refractivity contribution is -0.131. The van der Waals surface area contributed by atoms with Gasteiger partial charge in [0, 0.05) is 17.6 Å². The molecule has 0 spiro atoms. The molecule has 1 fully saturated rings. The number of hydrogen-bond acceptors (Lipinski definition) is 5. The van der Waals surface area contributed by atoms with E-state index in [-0.39, 0.29) is 12.5 Å². The molecule has 1 aromatic carbocycles. The molecule has 1 amide bonds. The second-order valence-electron chi connectivity index (χ2n) is 6.48. The normalized spacial score (nSPS) is 17.3. The number of ether oxygens (including phenoxy) is 1. The Hall–Kier alpha value is -1.73. The summed E-state index contributed by atoms with van der Waals surface area (Å²) in [5.74, 6) is 1.87. The first kappa shape index (κ1) is 19.0. The van der Waals surface area contributed by atoms with Crippen molar-refractivity contribution in [3.8, 4) is 5.75 Å². The van der Waals surface area contributed by atoms with Gasteiger partial charge in [-0.15, -0.1) is 5.10 Å². The van der Waals surface area contributed by atoms with Crippen LogP contribution in [0.15, 0.2) is 23.4 Å². The Bertz CT molecular complexity index is 767. The molecule has 1 saturated heterocycles. The molecule has 0 saturated carbocycles. The van der Waals surface area contributed by atoms with Crippen LogP contribution < -0.4 is 4.74 Å². The number of nitrogens with one attached hydrogen (secondary N) is 1. The molecule has 140 valence electrons. The van der Waals surface area contributed by atoms with Crippen LogP contribution in [0.1, 0.15) is 37.6 Å². The minimum absolute atomic E-state index is 0.154. The van der Waals surface area contributed by atoms with E-state index in [1.54, 1.807) is 6.07 Å². The number of aromatic nitrogens is 3. The van der Waals surface area contributed by atoms with Crippen molar-refractivity contribution in [3.63, 3.8) is 0 Å². The number of likely N-dealkylation sites (tertiary alicyclic amines) is 1. The van der Waals surface area contributed by atoms with E-state index in [9.17, 15) is 4.79 Å². The van der Waals surface area contributed by atoms with Gasteiger partial charge >= 0.3 is 0 Å². The molecule has 1 N–H and O–H groups in total. The third kappa shape index (κ3) is 4.92. The summed E-state index contributed by atoms with van der Waals surface area (Å²) >= 11 is 7.36. The lowest BCUT2D eigenvalue weighted by Gasteiger charge is -2.33. The highest BCUT2D eigenvalue weighted by Crippen LogP contribution is 2.22. The van der Waals surface area contributed by atoms with E-state index in [1.807, 2.05) is 24.0 Å². The van der Waals surface area contributed by atoms with Crippen LogP contribution in [0.5, 0.6) is 5.75 Å². The van der Waals surface area contributed by atoms with Crippen molar-refractivity contribution in [1.82, 2.24) is 20.1 Å². The number of hydrogen-bond donors (Lipinski definition) is 1. The minimum atomic E-state index is 0.154. The first-order chi connectivity index (χ1) is 12.5. The highest BCUT2D eigenvalue weighted by Gasteiger charge is 2.23. The van der Waals surface area contributed by atoms with Gasteiger partial charge < -0.3 is 9.64 Å². The Kier molecular flexibility index (Phi) is 6.43. The standard InChI is InChI=1S/C18H23ClN4O2S/c1-12-9-14(6-7-15(12)19)25-10-16-20-18(22-21-16)26-11-17(24)23-8-4-3-5-13(23)2/h6-7,9,13H,3-5,8,10-11H2,1-2H3,(H,20,21,22)/t13-/m0/s1. The van der Waals surface area contributed by atoms with Gasteiger partial charge in [0.15, 0.2) is 5.82 Å². The number of halogens is 1. The zero-order valence-electron chi connectivity index (χ0n) is 15.0. The molecule has 3 rings (SSSR count). The van der Waals surface area contributed by atoms with Crippen molar-refractivity contribution in [3.05, 3.63) is 34.6 Å². The van der Waals surface area contributed by atoms with Crippen LogP contribution in [0, 0.1) is 6.92 Å². The molecule has 6 nitrogen and oxygen atoms in total. The van der Waals surface area contributed by atoms with E-state index in [4.69, 9.17) is 16.3 Å². The van der Waals surface area contributed by atoms with Gasteiger partial charge in [0.05, 0.1) is 5.75 Å². The third-order valence-corrected chi connectivity index (χ3v) is 5.72. The summed E-state index contributed by atoms with van der Waals surface area (Å²) in [5, 5.41) is 8.28. The fraction of sp³-hybridized carbons (Fsp3) is 0.500. The number of aryl methyl sites for hydroxylation is 1. The van der Waals surface area contributed by atoms with Gasteiger partial charge in [0.1, 0.15) is 12.4 Å². The molecular weight excluding hydrogens is 372 g/mol. The Morgan fingerprint density at radius 3 is 3.08 bits per heavy atom. The van der Waals surface area contributed by atoms with Gasteiger partial charge in [0.25, 0.3) is 0 Å². The largest absolute Gasteiger partial charge is 0.486 e. The second kappa shape index (κ2) is 8.77. The second-order valence-corrected chi connectivity index (χ2v) is 7.83. The summed E-state index contributed by atoms with van der Waals surface area (Å²) in [5.41, 5.74) is 0.962. The number of H-pyrrole nitrogens is 1. The van der Waals surface area contributed by atoms with Gasteiger partial charge in [-0.2, -0.15) is 0 Å². The number of piperidine rings is 1. The molecule has 1 atom stereocenters. The predicted octanol–water partition coefficient (Wildman–Crippen LogP) is 3.84. The van der Waals surface area contributed by atoms with E-state index < -0.39 is 0 Å². The predicted molar refractivity (Wildman–Crippen MR) is 103 cm³/mol. The van der Waals surface area contributed by atoms with Crippen LogP contribution in [-0.4, -0.2) is 44.3 Å². The highest BCUT2D eigenvalue weighted by molar-refractivity contribution is 7.99. The molecule has 1 aliphatic heterocycles. The van der Waals surface area contributed by atoms with Gasteiger partial charge in [-0.3, -0.25) is 9.89 Å². The number of rotatable bonds is 6. The quantitative estimate of drug-likeness (QED) is 0.753. The highest BCUT2D eigenvalue weighted by atomic mass is 35.5. The molecule has 0 bridgehead atoms. The van der Waals surface area contributed by atoms with E-state index >= 15 is 0 Å². The zero-order chi connectivity index (χ0) is 18.5. The van der Waals surface area contributed by atoms with Gasteiger partial charge in [-0.05, 0) is 56.9 Å². The van der Waals surface area contributed by atoms with Crippen LogP contribution in [0.3, 0.4) is 0 Å². The first-order valence-electron chi connectivity index (χ1n) is 8.75. The number of amides is 1. The minimum Gasteiger partial charge on any atom is -0.486 e. The van der Waals surface area contributed by atoms with Crippen LogP contribution in [0.25, 0.3) is 0 Å². The van der Waals surface area contributed by atoms with E-state index in [0.717, 1.165) is 30.7 Å². The average molecular weight is 395 g/mol. The molecular formula is C18H23ClN4O2S. The average Bonchev–Trinajstić information content (AvgIpc) is 3.09. The Labute approximate surface area is 162 Å². The molecule has 1 aromatic heterocycles. The maximum Gasteiger partial charge on any atom is 0.233 e. The number of benzene rings is 1. The van der Waals surface area contributed by atoms with E-state index in [0.29, 0.717) is 27.8 Å². The molecule has 8 heteroatoms. The van der Waals surface area contributed by atoms with Gasteiger partial charge in [0.2, 0.25) is 11.1 Å². The molecule has 0 unspecified atom stereocenters. The zero-order valence-corrected chi connectivity index (χ0v) is 16.6. The summed E-state index contributed by atoms with van der Waals surface area (Å²) in [4.78, 5) is 18.7. The van der Waals surface area contributed by atoms with Crippen molar-refractivity contribution in [2.24, 2.45) is 0 Å². The van der Waals surface area contributed by atoms with Crippen molar-refractivity contribution in [2.45, 2.75) is 50.9 Å². The van der Waals surface area contributed by atoms with Crippen molar-refractivity contribution < 1.29 is 9.53 Å². The lowest BCUT2D eigenvalue weighted by Crippen LogP contribution is -2.42. The summed E-state index contributed by atoms with van der Waals surface area (Å²) in [6.45, 7) is 5.18. The fourth-order valence-corrected chi connectivity index (χ4v) is 3.76. The smallest absolute Gasteiger partial charge is 0.233 e. The summed E-state index contributed by atoms with van der Waals surface area (Å²) in [6, 6.07) is 5.84. The monoisotopic (exact) mass is 394 g/mol. The number of carbonyl (C=O) groups excluding carboxylic acids is 1. The van der Waals surface area contributed by atoms with Crippen molar-refractivity contribution >= 4 is 29.3 Å². The molecule has 1 aliphatic rings. The lowest BCUT2D eigenvalue weighted by atomic mass is 10.0. The first-order valence-corrected chi connectivity index (χ1v) is 10.1. The van der Waals surface area contributed by atoms with Crippen LogP contribution >= 0.6 is 23.4 Å². The number of carbonyl (C=O) groups is 1. The molecule has 2 aromatic rings. The van der Waals surface area contributed by atoms with Crippen LogP contribution in [-0.2, 0) is 11.4 Å². The molecule has 2 heterocycles. The molecule has 26 heavy (non-hydrogen) atoms. The fourth-order valence-electron chi connectivity index (χ4n) is 2.94. The van der Waals surface area contributed by atoms with Crippen LogP contribution in [0.4, 0.5) is 0 Å². The molecule has 0 radical (unpaired) electrons. The third-order valence-electron chi connectivity index (χ3n) is 4.46. The van der Waals surface area contributed by atoms with Crippen molar-refractivity contribution in [1.29, 1.82) is 0 Å². The van der Waals surface area contributed by atoms with E-state index in [2.05, 4.69) is 22.1 Å². The Morgan fingerprint density at radius 1 is 1.46 bits per heavy atom. The number of thioether (sulfide) groups is 1. The van der Waals surface area contributed by atoms with Crippen LogP contribution in [0.2, 0.25) is 5.02 Å². The van der Waals surface area contributed by atoms with Gasteiger partial charge in [-0.1, -0.05) is 23.4 Å². The summed E-state index contributed by atoms with van der Waals surface area (Å²) in [7, 11) is 0. The maximum atomic E-state index is 12.4. The topological polar surface area (TPSA) is 71.1 Å². The summed E-state index contributed by atoms with van der Waals surface area (Å²) in [6.07, 6.45) is 3.38. The number of nitrogens with zero attached hydrogens (tertiary/aromatic N) is 3. The van der Waals surface area contributed by atoms with E-state index in [1.165, 1.54) is 18.2 Å². The summed E-state index contributed by atoms with van der Waals surface area (Å²) < 4.78 is 5.70. The Balaban J connectivity index is 1.48. The molecule has 0 aliphatic carbocycles. The SMILES string of the molecule is Cc1cc(OCc2nc(SCC(=O)N3CCCC[C@@H]3C)n[nH]2)ccc1Cl. The Morgan fingerprint density at radius 2 is 2.31 bits per heavy atom. The van der Waals surface area contributed by atoms with Crippen molar-refractivity contribution in [2.75, 3.05) is 12.3 Å². The number of aromatic amines is 1. The maximum absolute atomic E-state index is 12.4. The van der Waals surface area contributed by atoms with Gasteiger partial charge in [-0.25, -0.2) is 4.98 Å².